The lowest BCUT2D eigenvalue weighted by Gasteiger charge is -2.60. The predicted molar refractivity (Wildman–Crippen MR) is 190 cm³/mol. The Morgan fingerprint density at radius 1 is 0.553 bits per heavy atom. The fourth-order valence-electron chi connectivity index (χ4n) is 10.4. The van der Waals surface area contributed by atoms with Gasteiger partial charge in [0.15, 0.2) is 17.5 Å². The fourth-order valence-corrected chi connectivity index (χ4v) is 11.6. The first-order valence-corrected chi connectivity index (χ1v) is 17.9. The van der Waals surface area contributed by atoms with Crippen molar-refractivity contribution in [2.45, 2.75) is 37.5 Å². The Labute approximate surface area is 277 Å². The Balaban J connectivity index is 1.13. The molecule has 5 aliphatic carbocycles. The molecule has 0 unspecified atom stereocenters. The minimum absolute atomic E-state index is 0.00382. The Bertz CT molecular complexity index is 2360. The number of nitrogens with zero attached hydrogens (tertiary/aromatic N) is 4. The Hall–Kier alpha value is -4.74. The van der Waals surface area contributed by atoms with E-state index in [-0.39, 0.29) is 5.41 Å². The molecule has 3 heterocycles. The van der Waals surface area contributed by atoms with Crippen molar-refractivity contribution in [1.82, 2.24) is 19.9 Å². The zero-order chi connectivity index (χ0) is 30.7. The quantitative estimate of drug-likeness (QED) is 0.196. The normalized spacial score (nSPS) is 25.1. The highest BCUT2D eigenvalue weighted by molar-refractivity contribution is 7.26. The number of aromatic nitrogens is 4. The summed E-state index contributed by atoms with van der Waals surface area (Å²) in [6.45, 7) is 0. The lowest BCUT2D eigenvalue weighted by molar-refractivity contribution is -0.0415. The third-order valence-corrected chi connectivity index (χ3v) is 13.2. The lowest BCUT2D eigenvalue weighted by atomic mass is 9.43. The molecule has 4 bridgehead atoms. The van der Waals surface area contributed by atoms with E-state index in [0.717, 1.165) is 40.2 Å². The average molecular weight is 625 g/mol. The van der Waals surface area contributed by atoms with Crippen LogP contribution in [0, 0.1) is 23.7 Å². The number of fused-ring (bicyclic) bond motifs is 6. The van der Waals surface area contributed by atoms with Gasteiger partial charge in [-0.3, -0.25) is 4.98 Å². The van der Waals surface area contributed by atoms with E-state index in [2.05, 4.69) is 97.1 Å². The van der Waals surface area contributed by atoms with Crippen LogP contribution in [0.4, 0.5) is 0 Å². The predicted octanol–water partition coefficient (Wildman–Crippen LogP) is 10.4. The Morgan fingerprint density at radius 2 is 1.26 bits per heavy atom. The number of rotatable bonds is 3. The summed E-state index contributed by atoms with van der Waals surface area (Å²) in [6.07, 6.45) is 8.80. The molecule has 226 valence electrons. The van der Waals surface area contributed by atoms with Crippen molar-refractivity contribution in [3.63, 3.8) is 0 Å². The van der Waals surface area contributed by atoms with E-state index in [4.69, 9.17) is 19.9 Å². The summed E-state index contributed by atoms with van der Waals surface area (Å²) < 4.78 is 2.49. The standard InChI is InChI=1S/C42H32N4S/c1-2-8-26(9-3-1)39-44-40(46-41(45-39)34-12-6-11-32-31-10-4-5-14-36(31)47-37(32)34)27-15-16-30-33-13-7-17-43-38(33)42(35(30)23-27)28-19-24-18-25(21-28)22-29(42)20-24/h1-17,23-25,28-29H,18-22H2. The van der Waals surface area contributed by atoms with Crippen molar-refractivity contribution in [1.29, 1.82) is 0 Å². The summed E-state index contributed by atoms with van der Waals surface area (Å²) in [4.78, 5) is 20.8. The SMILES string of the molecule is c1ccc(-c2nc(-c3ccc4c(c3)C3(c5ncccc5-4)C4CC5CC(C4)CC3C5)nc(-c3cccc4c3sc3ccccc34)n2)cc1. The van der Waals surface area contributed by atoms with E-state index in [1.165, 1.54) is 74.7 Å². The largest absolute Gasteiger partial charge is 0.260 e. The first kappa shape index (κ1) is 26.3. The van der Waals surface area contributed by atoms with Crippen molar-refractivity contribution in [2.24, 2.45) is 23.7 Å². The van der Waals surface area contributed by atoms with E-state index >= 15 is 0 Å². The van der Waals surface area contributed by atoms with Crippen LogP contribution in [0.25, 0.3) is 65.5 Å². The molecule has 47 heavy (non-hydrogen) atoms. The fraction of sp³-hybridized carbons (Fsp3) is 0.238. The molecule has 0 amide bonds. The van der Waals surface area contributed by atoms with Crippen molar-refractivity contribution in [3.8, 4) is 45.3 Å². The third-order valence-electron chi connectivity index (χ3n) is 12.0. The second-order valence-electron chi connectivity index (χ2n) is 14.3. The maximum atomic E-state index is 5.29. The average Bonchev–Trinajstić information content (AvgIpc) is 3.64. The molecule has 0 saturated heterocycles. The van der Waals surface area contributed by atoms with Gasteiger partial charge in [-0.1, -0.05) is 78.9 Å². The lowest BCUT2D eigenvalue weighted by Crippen LogP contribution is -2.55. The van der Waals surface area contributed by atoms with Crippen molar-refractivity contribution in [2.75, 3.05) is 0 Å². The van der Waals surface area contributed by atoms with Crippen LogP contribution < -0.4 is 0 Å². The highest BCUT2D eigenvalue weighted by Gasteiger charge is 2.62. The summed E-state index contributed by atoms with van der Waals surface area (Å²) in [7, 11) is 0. The summed E-state index contributed by atoms with van der Waals surface area (Å²) in [5.41, 5.74) is 8.60. The van der Waals surface area contributed by atoms with Crippen LogP contribution in [0.5, 0.6) is 0 Å². The van der Waals surface area contributed by atoms with Crippen molar-refractivity contribution in [3.05, 3.63) is 121 Å². The molecule has 5 heteroatoms. The Kier molecular flexibility index (Phi) is 5.41. The van der Waals surface area contributed by atoms with Crippen molar-refractivity contribution >= 4 is 31.5 Å². The summed E-state index contributed by atoms with van der Waals surface area (Å²) in [6, 6.07) is 37.0. The smallest absolute Gasteiger partial charge is 0.165 e. The van der Waals surface area contributed by atoms with Crippen LogP contribution in [-0.2, 0) is 5.41 Å². The molecule has 7 aromatic rings. The van der Waals surface area contributed by atoms with Gasteiger partial charge < -0.3 is 0 Å². The molecule has 1 spiro atoms. The highest BCUT2D eigenvalue weighted by atomic mass is 32.1. The number of hydrogen-bond acceptors (Lipinski definition) is 5. The molecule has 0 radical (unpaired) electrons. The maximum Gasteiger partial charge on any atom is 0.165 e. The van der Waals surface area contributed by atoms with Gasteiger partial charge >= 0.3 is 0 Å². The molecule has 3 aromatic heterocycles. The minimum Gasteiger partial charge on any atom is -0.260 e. The molecule has 0 N–H and O–H groups in total. The van der Waals surface area contributed by atoms with Crippen LogP contribution in [0.2, 0.25) is 0 Å². The molecule has 12 rings (SSSR count). The molecule has 4 fully saturated rings. The van der Waals surface area contributed by atoms with E-state index in [9.17, 15) is 0 Å². The topological polar surface area (TPSA) is 51.6 Å². The molecule has 4 aromatic carbocycles. The van der Waals surface area contributed by atoms with Gasteiger partial charge in [-0.15, -0.1) is 11.3 Å². The van der Waals surface area contributed by atoms with Crippen LogP contribution >= 0.6 is 11.3 Å². The van der Waals surface area contributed by atoms with Gasteiger partial charge in [0.1, 0.15) is 0 Å². The molecular weight excluding hydrogens is 593 g/mol. The van der Waals surface area contributed by atoms with E-state index < -0.39 is 0 Å². The second kappa shape index (κ2) is 9.65. The third kappa shape index (κ3) is 3.64. The van der Waals surface area contributed by atoms with E-state index in [1.807, 2.05) is 23.6 Å². The maximum absolute atomic E-state index is 5.29. The second-order valence-corrected chi connectivity index (χ2v) is 15.3. The van der Waals surface area contributed by atoms with Gasteiger partial charge in [0.25, 0.3) is 0 Å². The van der Waals surface area contributed by atoms with Crippen LogP contribution in [0.15, 0.2) is 109 Å². The first-order valence-electron chi connectivity index (χ1n) is 17.1. The van der Waals surface area contributed by atoms with Gasteiger partial charge in [0, 0.05) is 54.0 Å². The van der Waals surface area contributed by atoms with Crippen molar-refractivity contribution < 1.29 is 0 Å². The summed E-state index contributed by atoms with van der Waals surface area (Å²) in [5.74, 6) is 5.25. The van der Waals surface area contributed by atoms with Crippen LogP contribution in [0.3, 0.4) is 0 Å². The minimum atomic E-state index is -0.00382. The van der Waals surface area contributed by atoms with Gasteiger partial charge in [-0.05, 0) is 91.2 Å². The van der Waals surface area contributed by atoms with Crippen LogP contribution in [-0.4, -0.2) is 19.9 Å². The van der Waals surface area contributed by atoms with E-state index in [0.29, 0.717) is 17.7 Å². The highest BCUT2D eigenvalue weighted by Crippen LogP contribution is 2.69. The zero-order valence-electron chi connectivity index (χ0n) is 25.9. The molecular formula is C42H32N4S. The molecule has 0 aliphatic heterocycles. The molecule has 4 saturated carbocycles. The number of hydrogen-bond donors (Lipinski definition) is 0. The van der Waals surface area contributed by atoms with E-state index in [1.54, 1.807) is 0 Å². The first-order chi connectivity index (χ1) is 23.2. The van der Waals surface area contributed by atoms with Gasteiger partial charge in [-0.2, -0.15) is 0 Å². The monoisotopic (exact) mass is 624 g/mol. The number of pyridine rings is 1. The summed E-state index contributed by atoms with van der Waals surface area (Å²) >= 11 is 1.82. The van der Waals surface area contributed by atoms with Crippen LogP contribution in [0.1, 0.15) is 43.4 Å². The zero-order valence-corrected chi connectivity index (χ0v) is 26.8. The van der Waals surface area contributed by atoms with Gasteiger partial charge in [0.2, 0.25) is 0 Å². The van der Waals surface area contributed by atoms with Gasteiger partial charge in [-0.25, -0.2) is 15.0 Å². The van der Waals surface area contributed by atoms with Gasteiger partial charge in [0.05, 0.1) is 5.69 Å². The molecule has 5 aliphatic rings. The Morgan fingerprint density at radius 3 is 2.09 bits per heavy atom. The number of benzene rings is 4. The summed E-state index contributed by atoms with van der Waals surface area (Å²) in [5, 5.41) is 2.53. The number of thiophene rings is 1. The molecule has 0 atom stereocenters. The molecule has 4 nitrogen and oxygen atoms in total.